The van der Waals surface area contributed by atoms with E-state index < -0.39 is 5.97 Å². The van der Waals surface area contributed by atoms with Gasteiger partial charge in [-0.25, -0.2) is 9.18 Å². The Labute approximate surface area is 87.2 Å². The molecule has 0 bridgehead atoms. The summed E-state index contributed by atoms with van der Waals surface area (Å²) < 4.78 is 12.5. The molecule has 80 valence electrons. The molecule has 2 N–H and O–H groups in total. The quantitative estimate of drug-likeness (QED) is 0.748. The Morgan fingerprint density at radius 1 is 1.47 bits per heavy atom. The van der Waals surface area contributed by atoms with E-state index in [4.69, 9.17) is 5.11 Å². The van der Waals surface area contributed by atoms with Crippen LogP contribution >= 0.6 is 0 Å². The average molecular weight is 209 g/mol. The predicted octanol–water partition coefficient (Wildman–Crippen LogP) is 2.27. The number of rotatable bonds is 4. The number of nitrogens with one attached hydrogen (secondary N) is 1. The number of halogens is 1. The minimum Gasteiger partial charge on any atom is -0.478 e. The Morgan fingerprint density at radius 2 is 2.07 bits per heavy atom. The standard InChI is InChI=1S/C11H12FNO2/c1-8(6-11(14)15)7-13-10-4-2-9(12)3-5-10/h2-6,13H,7H2,1H3,(H,14,15)/b8-6-. The molecule has 0 saturated heterocycles. The first-order chi connectivity index (χ1) is 7.08. The Balaban J connectivity index is 2.50. The van der Waals surface area contributed by atoms with E-state index in [0.29, 0.717) is 12.1 Å². The Bertz CT molecular complexity index is 371. The summed E-state index contributed by atoms with van der Waals surface area (Å²) in [7, 11) is 0. The molecular formula is C11H12FNO2. The molecule has 4 heteroatoms. The van der Waals surface area contributed by atoms with E-state index in [1.165, 1.54) is 12.1 Å². The van der Waals surface area contributed by atoms with Gasteiger partial charge in [-0.05, 0) is 36.8 Å². The van der Waals surface area contributed by atoms with Crippen LogP contribution in [0, 0.1) is 5.82 Å². The molecule has 0 spiro atoms. The van der Waals surface area contributed by atoms with Gasteiger partial charge in [0.25, 0.3) is 0 Å². The first-order valence-electron chi connectivity index (χ1n) is 4.47. The smallest absolute Gasteiger partial charge is 0.328 e. The van der Waals surface area contributed by atoms with E-state index >= 15 is 0 Å². The molecule has 0 saturated carbocycles. The maximum absolute atomic E-state index is 12.5. The summed E-state index contributed by atoms with van der Waals surface area (Å²) >= 11 is 0. The molecule has 0 aliphatic rings. The molecule has 0 heterocycles. The van der Waals surface area contributed by atoms with E-state index in [1.807, 2.05) is 0 Å². The fourth-order valence-corrected chi connectivity index (χ4v) is 1.07. The third kappa shape index (κ3) is 4.26. The highest BCUT2D eigenvalue weighted by Crippen LogP contribution is 2.08. The first-order valence-corrected chi connectivity index (χ1v) is 4.47. The number of hydrogen-bond acceptors (Lipinski definition) is 2. The Kier molecular flexibility index (Phi) is 3.85. The van der Waals surface area contributed by atoms with Crippen LogP contribution in [-0.2, 0) is 4.79 Å². The molecule has 0 fully saturated rings. The van der Waals surface area contributed by atoms with Gasteiger partial charge in [-0.15, -0.1) is 0 Å². The van der Waals surface area contributed by atoms with E-state index in [0.717, 1.165) is 11.8 Å². The van der Waals surface area contributed by atoms with Crippen LogP contribution in [0.5, 0.6) is 0 Å². The number of carboxylic acids is 1. The lowest BCUT2D eigenvalue weighted by Crippen LogP contribution is -2.04. The van der Waals surface area contributed by atoms with Crippen molar-refractivity contribution < 1.29 is 14.3 Å². The fraction of sp³-hybridized carbons (Fsp3) is 0.182. The number of carbonyl (C=O) groups is 1. The zero-order valence-corrected chi connectivity index (χ0v) is 8.33. The normalized spacial score (nSPS) is 11.2. The van der Waals surface area contributed by atoms with Crippen molar-refractivity contribution in [3.05, 3.63) is 41.7 Å². The van der Waals surface area contributed by atoms with Crippen molar-refractivity contribution in [2.75, 3.05) is 11.9 Å². The maximum Gasteiger partial charge on any atom is 0.328 e. The Morgan fingerprint density at radius 3 is 2.60 bits per heavy atom. The molecule has 0 aliphatic carbocycles. The highest BCUT2D eigenvalue weighted by molar-refractivity contribution is 5.80. The van der Waals surface area contributed by atoms with E-state index in [9.17, 15) is 9.18 Å². The summed E-state index contributed by atoms with van der Waals surface area (Å²) in [5.74, 6) is -1.26. The topological polar surface area (TPSA) is 49.3 Å². The summed E-state index contributed by atoms with van der Waals surface area (Å²) in [5, 5.41) is 11.4. The molecule has 15 heavy (non-hydrogen) atoms. The van der Waals surface area contributed by atoms with Gasteiger partial charge in [-0.1, -0.05) is 0 Å². The molecule has 0 atom stereocenters. The van der Waals surface area contributed by atoms with Gasteiger partial charge in [0.05, 0.1) is 0 Å². The van der Waals surface area contributed by atoms with Gasteiger partial charge in [-0.2, -0.15) is 0 Å². The minimum absolute atomic E-state index is 0.293. The predicted molar refractivity (Wildman–Crippen MR) is 56.3 cm³/mol. The third-order valence-corrected chi connectivity index (χ3v) is 1.79. The number of hydrogen-bond donors (Lipinski definition) is 2. The molecule has 1 aromatic rings. The number of benzene rings is 1. The van der Waals surface area contributed by atoms with Crippen LogP contribution in [0.15, 0.2) is 35.9 Å². The molecule has 0 amide bonds. The molecular weight excluding hydrogens is 197 g/mol. The van der Waals surface area contributed by atoms with Crippen molar-refractivity contribution >= 4 is 11.7 Å². The van der Waals surface area contributed by atoms with Crippen molar-refractivity contribution in [3.8, 4) is 0 Å². The van der Waals surface area contributed by atoms with Gasteiger partial charge < -0.3 is 10.4 Å². The van der Waals surface area contributed by atoms with E-state index in [-0.39, 0.29) is 5.82 Å². The molecule has 0 aliphatic heterocycles. The van der Waals surface area contributed by atoms with E-state index in [2.05, 4.69) is 5.32 Å². The van der Waals surface area contributed by atoms with Crippen LogP contribution in [0.25, 0.3) is 0 Å². The summed E-state index contributed by atoms with van der Waals surface area (Å²) in [6, 6.07) is 5.89. The van der Waals surface area contributed by atoms with Gasteiger partial charge in [-0.3, -0.25) is 0 Å². The molecule has 0 aromatic heterocycles. The first kappa shape index (κ1) is 11.2. The molecule has 1 rings (SSSR count). The number of anilines is 1. The van der Waals surface area contributed by atoms with Gasteiger partial charge in [0.2, 0.25) is 0 Å². The van der Waals surface area contributed by atoms with Crippen LogP contribution in [-0.4, -0.2) is 17.6 Å². The zero-order chi connectivity index (χ0) is 11.3. The number of aliphatic carboxylic acids is 1. The van der Waals surface area contributed by atoms with Gasteiger partial charge in [0, 0.05) is 18.3 Å². The van der Waals surface area contributed by atoms with Crippen LogP contribution < -0.4 is 5.32 Å². The Hall–Kier alpha value is -1.84. The maximum atomic E-state index is 12.5. The van der Waals surface area contributed by atoms with Crippen LogP contribution in [0.1, 0.15) is 6.92 Å². The largest absolute Gasteiger partial charge is 0.478 e. The second-order valence-electron chi connectivity index (χ2n) is 3.19. The van der Waals surface area contributed by atoms with Gasteiger partial charge in [0.1, 0.15) is 5.82 Å². The average Bonchev–Trinajstić information content (AvgIpc) is 2.16. The van der Waals surface area contributed by atoms with Crippen LogP contribution in [0.2, 0.25) is 0 Å². The van der Waals surface area contributed by atoms with Crippen molar-refractivity contribution in [2.45, 2.75) is 6.92 Å². The fourth-order valence-electron chi connectivity index (χ4n) is 1.07. The summed E-state index contributed by atoms with van der Waals surface area (Å²) in [4.78, 5) is 10.3. The van der Waals surface area contributed by atoms with Crippen molar-refractivity contribution in [3.63, 3.8) is 0 Å². The number of carboxylic acid groups (broad SMARTS) is 1. The van der Waals surface area contributed by atoms with Crippen molar-refractivity contribution in [2.24, 2.45) is 0 Å². The summed E-state index contributed by atoms with van der Waals surface area (Å²) in [5.41, 5.74) is 1.46. The minimum atomic E-state index is -0.964. The highest BCUT2D eigenvalue weighted by Gasteiger charge is 1.95. The monoisotopic (exact) mass is 209 g/mol. The SMILES string of the molecule is C/C(=C/C(=O)O)CNc1ccc(F)cc1. The van der Waals surface area contributed by atoms with Crippen LogP contribution in [0.4, 0.5) is 10.1 Å². The van der Waals surface area contributed by atoms with Crippen molar-refractivity contribution in [1.82, 2.24) is 0 Å². The van der Waals surface area contributed by atoms with Crippen LogP contribution in [0.3, 0.4) is 0 Å². The van der Waals surface area contributed by atoms with E-state index in [1.54, 1.807) is 19.1 Å². The lowest BCUT2D eigenvalue weighted by atomic mass is 10.2. The highest BCUT2D eigenvalue weighted by atomic mass is 19.1. The molecule has 0 unspecified atom stereocenters. The molecule has 3 nitrogen and oxygen atoms in total. The lowest BCUT2D eigenvalue weighted by Gasteiger charge is -2.05. The molecule has 0 radical (unpaired) electrons. The summed E-state index contributed by atoms with van der Waals surface area (Å²) in [6.45, 7) is 2.14. The second-order valence-corrected chi connectivity index (χ2v) is 3.19. The zero-order valence-electron chi connectivity index (χ0n) is 8.33. The third-order valence-electron chi connectivity index (χ3n) is 1.79. The molecule has 1 aromatic carbocycles. The van der Waals surface area contributed by atoms with Gasteiger partial charge in [0.15, 0.2) is 0 Å². The van der Waals surface area contributed by atoms with Gasteiger partial charge >= 0.3 is 5.97 Å². The van der Waals surface area contributed by atoms with Crippen molar-refractivity contribution in [1.29, 1.82) is 0 Å². The summed E-state index contributed by atoms with van der Waals surface area (Å²) in [6.07, 6.45) is 1.14. The lowest BCUT2D eigenvalue weighted by molar-refractivity contribution is -0.131. The second kappa shape index (κ2) is 5.14.